The fourth-order valence-corrected chi connectivity index (χ4v) is 3.98. The minimum absolute atomic E-state index is 0.0623. The molecule has 1 N–H and O–H groups in total. The molecule has 6 nitrogen and oxygen atoms in total. The number of halogens is 1. The molecule has 0 unspecified atom stereocenters. The summed E-state index contributed by atoms with van der Waals surface area (Å²) < 4.78 is 23.1. The van der Waals surface area contributed by atoms with Crippen molar-refractivity contribution in [3.63, 3.8) is 0 Å². The molecular formula is C19H19ClN2O4S. The van der Waals surface area contributed by atoms with E-state index in [1.807, 2.05) is 12.1 Å². The van der Waals surface area contributed by atoms with E-state index in [0.717, 1.165) is 11.8 Å². The van der Waals surface area contributed by atoms with Gasteiger partial charge in [0.25, 0.3) is 5.91 Å². The summed E-state index contributed by atoms with van der Waals surface area (Å²) >= 11 is 5.94. The molecule has 1 fully saturated rings. The molecule has 27 heavy (non-hydrogen) atoms. The average Bonchev–Trinajstić information content (AvgIpc) is 2.89. The Balaban J connectivity index is 1.81. The smallest absolute Gasteiger partial charge is 0.251 e. The zero-order valence-electron chi connectivity index (χ0n) is 14.8. The number of likely N-dealkylation sites (tertiary alicyclic amines) is 1. The van der Waals surface area contributed by atoms with Crippen molar-refractivity contribution in [1.82, 2.24) is 10.2 Å². The maximum Gasteiger partial charge on any atom is 0.251 e. The van der Waals surface area contributed by atoms with Gasteiger partial charge in [-0.2, -0.15) is 0 Å². The van der Waals surface area contributed by atoms with Gasteiger partial charge in [-0.3, -0.25) is 9.59 Å². The number of carbonyl (C=O) groups excluding carboxylic acids is 2. The fourth-order valence-electron chi connectivity index (χ4n) is 3.22. The topological polar surface area (TPSA) is 83.6 Å². The van der Waals surface area contributed by atoms with Crippen LogP contribution in [0.25, 0.3) is 0 Å². The van der Waals surface area contributed by atoms with E-state index in [-0.39, 0.29) is 29.2 Å². The van der Waals surface area contributed by atoms with Crippen LogP contribution in [-0.4, -0.2) is 44.5 Å². The average molecular weight is 407 g/mol. The second-order valence-electron chi connectivity index (χ2n) is 6.58. The first-order valence-electron chi connectivity index (χ1n) is 8.29. The lowest BCUT2D eigenvalue weighted by molar-refractivity contribution is -0.127. The van der Waals surface area contributed by atoms with E-state index in [4.69, 9.17) is 11.6 Å². The van der Waals surface area contributed by atoms with E-state index in [1.54, 1.807) is 24.1 Å². The van der Waals surface area contributed by atoms with Crippen molar-refractivity contribution in [2.45, 2.75) is 23.4 Å². The van der Waals surface area contributed by atoms with Crippen molar-refractivity contribution in [3.05, 3.63) is 64.7 Å². The van der Waals surface area contributed by atoms with Crippen LogP contribution in [0.5, 0.6) is 0 Å². The lowest BCUT2D eigenvalue weighted by atomic mass is 10.00. The molecule has 0 bridgehead atoms. The van der Waals surface area contributed by atoms with Crippen LogP contribution >= 0.6 is 11.6 Å². The number of rotatable bonds is 4. The molecule has 0 aliphatic carbocycles. The molecule has 1 saturated heterocycles. The molecule has 2 aromatic rings. The number of hydrogen-bond donors (Lipinski definition) is 1. The van der Waals surface area contributed by atoms with Crippen molar-refractivity contribution in [3.8, 4) is 0 Å². The highest BCUT2D eigenvalue weighted by Gasteiger charge is 2.39. The van der Waals surface area contributed by atoms with Crippen LogP contribution in [0.4, 0.5) is 0 Å². The quantitative estimate of drug-likeness (QED) is 0.845. The van der Waals surface area contributed by atoms with Gasteiger partial charge in [0.2, 0.25) is 5.91 Å². The number of amides is 2. The number of nitrogens with zero attached hydrogens (tertiary/aromatic N) is 1. The minimum atomic E-state index is -3.32. The molecule has 142 valence electrons. The maximum atomic E-state index is 12.6. The normalized spacial score (nSPS) is 20.0. The molecule has 1 heterocycles. The number of sulfone groups is 1. The van der Waals surface area contributed by atoms with E-state index in [1.165, 1.54) is 24.3 Å². The summed E-state index contributed by atoms with van der Waals surface area (Å²) in [4.78, 5) is 26.5. The van der Waals surface area contributed by atoms with Gasteiger partial charge in [-0.05, 0) is 42.0 Å². The molecule has 2 aromatic carbocycles. The summed E-state index contributed by atoms with van der Waals surface area (Å²) in [5.41, 5.74) is 1.21. The Morgan fingerprint density at radius 1 is 1.11 bits per heavy atom. The van der Waals surface area contributed by atoms with Crippen LogP contribution in [0.2, 0.25) is 5.02 Å². The van der Waals surface area contributed by atoms with Crippen LogP contribution in [0.1, 0.15) is 28.4 Å². The first kappa shape index (κ1) is 19.4. The molecule has 0 saturated carbocycles. The standard InChI is InChI=1S/C19H19ClN2O4S/c1-22-17(23)11-16(18(22)12-3-7-14(20)8-4-12)21-19(24)13-5-9-15(10-6-13)27(2,25)26/h3-10,16,18H,11H2,1-2H3,(H,21,24)/t16-,18+/m1/s1. The molecule has 0 radical (unpaired) electrons. The van der Waals surface area contributed by atoms with Crippen molar-refractivity contribution in [1.29, 1.82) is 0 Å². The van der Waals surface area contributed by atoms with Crippen LogP contribution in [0.3, 0.4) is 0 Å². The van der Waals surface area contributed by atoms with E-state index < -0.39 is 15.9 Å². The van der Waals surface area contributed by atoms with E-state index in [0.29, 0.717) is 10.6 Å². The van der Waals surface area contributed by atoms with Crippen LogP contribution in [0, 0.1) is 0 Å². The molecule has 1 aliphatic heterocycles. The summed E-state index contributed by atoms with van der Waals surface area (Å²) in [7, 11) is -1.62. The van der Waals surface area contributed by atoms with Crippen molar-refractivity contribution >= 4 is 33.3 Å². The van der Waals surface area contributed by atoms with Gasteiger partial charge >= 0.3 is 0 Å². The fraction of sp³-hybridized carbons (Fsp3) is 0.263. The van der Waals surface area contributed by atoms with Gasteiger partial charge in [-0.15, -0.1) is 0 Å². The number of carbonyl (C=O) groups is 2. The minimum Gasteiger partial charge on any atom is -0.346 e. The Labute approximate surface area is 163 Å². The summed E-state index contributed by atoms with van der Waals surface area (Å²) in [6.07, 6.45) is 1.30. The van der Waals surface area contributed by atoms with Gasteiger partial charge in [-0.25, -0.2) is 8.42 Å². The lowest BCUT2D eigenvalue weighted by Gasteiger charge is -2.26. The van der Waals surface area contributed by atoms with Gasteiger partial charge in [0.15, 0.2) is 9.84 Å². The molecule has 0 spiro atoms. The van der Waals surface area contributed by atoms with E-state index in [2.05, 4.69) is 5.32 Å². The third kappa shape index (κ3) is 4.14. The Kier molecular flexibility index (Phi) is 5.26. The summed E-state index contributed by atoms with van der Waals surface area (Å²) in [5.74, 6) is -0.421. The van der Waals surface area contributed by atoms with E-state index in [9.17, 15) is 18.0 Å². The van der Waals surface area contributed by atoms with Crippen molar-refractivity contribution in [2.24, 2.45) is 0 Å². The first-order chi connectivity index (χ1) is 12.7. The Bertz CT molecular complexity index is 972. The third-order valence-corrected chi connectivity index (χ3v) is 6.04. The number of benzene rings is 2. The molecule has 2 amide bonds. The highest BCUT2D eigenvalue weighted by atomic mass is 35.5. The number of likely N-dealkylation sites (N-methyl/N-ethyl adjacent to an activating group) is 1. The second kappa shape index (κ2) is 7.32. The molecule has 8 heteroatoms. The molecular weight excluding hydrogens is 388 g/mol. The van der Waals surface area contributed by atoms with Crippen LogP contribution in [0.15, 0.2) is 53.4 Å². The largest absolute Gasteiger partial charge is 0.346 e. The van der Waals surface area contributed by atoms with Crippen molar-refractivity contribution in [2.75, 3.05) is 13.3 Å². The second-order valence-corrected chi connectivity index (χ2v) is 9.03. The van der Waals surface area contributed by atoms with Gasteiger partial charge < -0.3 is 10.2 Å². The maximum absolute atomic E-state index is 12.6. The van der Waals surface area contributed by atoms with E-state index >= 15 is 0 Å². The van der Waals surface area contributed by atoms with Crippen molar-refractivity contribution < 1.29 is 18.0 Å². The highest BCUT2D eigenvalue weighted by molar-refractivity contribution is 7.90. The Morgan fingerprint density at radius 3 is 2.26 bits per heavy atom. The number of hydrogen-bond acceptors (Lipinski definition) is 4. The van der Waals surface area contributed by atoms with Crippen LogP contribution < -0.4 is 5.32 Å². The molecule has 2 atom stereocenters. The summed E-state index contributed by atoms with van der Waals surface area (Å²) in [5, 5.41) is 3.49. The Hall–Kier alpha value is -2.38. The van der Waals surface area contributed by atoms with Crippen LogP contribution in [-0.2, 0) is 14.6 Å². The molecule has 1 aliphatic rings. The Morgan fingerprint density at radius 2 is 1.70 bits per heavy atom. The predicted octanol–water partition coefficient (Wildman–Crippen LogP) is 2.45. The lowest BCUT2D eigenvalue weighted by Crippen LogP contribution is -2.39. The first-order valence-corrected chi connectivity index (χ1v) is 10.6. The zero-order chi connectivity index (χ0) is 19.8. The molecule has 0 aromatic heterocycles. The highest BCUT2D eigenvalue weighted by Crippen LogP contribution is 2.32. The summed E-state index contributed by atoms with van der Waals surface area (Å²) in [6.45, 7) is 0. The number of nitrogens with one attached hydrogen (secondary N) is 1. The SMILES string of the molecule is CN1C(=O)C[C@@H](NC(=O)c2ccc(S(C)(=O)=O)cc2)[C@@H]1c1ccc(Cl)cc1. The van der Waals surface area contributed by atoms with Gasteiger partial charge in [0.1, 0.15) is 0 Å². The zero-order valence-corrected chi connectivity index (χ0v) is 16.4. The van der Waals surface area contributed by atoms with Gasteiger partial charge in [0.05, 0.1) is 17.0 Å². The van der Waals surface area contributed by atoms with Gasteiger partial charge in [-0.1, -0.05) is 23.7 Å². The third-order valence-electron chi connectivity index (χ3n) is 4.66. The van der Waals surface area contributed by atoms with Gasteiger partial charge in [0, 0.05) is 30.3 Å². The summed E-state index contributed by atoms with van der Waals surface area (Å²) in [6, 6.07) is 12.2. The molecule has 3 rings (SSSR count). The monoisotopic (exact) mass is 406 g/mol. The predicted molar refractivity (Wildman–Crippen MR) is 102 cm³/mol.